The molecular formula is C45H45F4N7O4. The van der Waals surface area contributed by atoms with Crippen LogP contribution >= 0.6 is 0 Å². The van der Waals surface area contributed by atoms with Gasteiger partial charge in [-0.3, -0.25) is 9.58 Å². The Kier molecular flexibility index (Phi) is 7.81. The second-order valence-electron chi connectivity index (χ2n) is 19.2. The molecule has 5 aromatic rings. The zero-order valence-corrected chi connectivity index (χ0v) is 33.2. The number of phenolic OH excluding ortho intramolecular Hbond substituents is 1. The van der Waals surface area contributed by atoms with Crippen molar-refractivity contribution in [2.75, 3.05) is 57.6 Å². The van der Waals surface area contributed by atoms with Gasteiger partial charge in [0, 0.05) is 90.6 Å². The van der Waals surface area contributed by atoms with Crippen molar-refractivity contribution in [3.63, 3.8) is 0 Å². The van der Waals surface area contributed by atoms with Gasteiger partial charge in [0.15, 0.2) is 5.82 Å². The lowest BCUT2D eigenvalue weighted by atomic mass is 9.63. The number of hydrogen-bond acceptors (Lipinski definition) is 10. The molecule has 60 heavy (non-hydrogen) atoms. The molecule has 2 spiro atoms. The first kappa shape index (κ1) is 37.0. The molecule has 2 N–H and O–H groups in total. The SMILES string of the molecule is C#Cc1c(F)ccc2cc(O)cc(-c3c(F)c4nc(OC[C@]5(CNC6CC7(COC7)C6)CC5(F)F)nc(N5[C@@H]6CC[C@H]5CN(C5CC7(COC7)C5)C6)c4c4cn(C)nc34)c12. The highest BCUT2D eigenvalue weighted by molar-refractivity contribution is 6.18. The summed E-state index contributed by atoms with van der Waals surface area (Å²) in [6.45, 7) is 4.42. The molecule has 12 rings (SSSR count). The maximum Gasteiger partial charge on any atom is 0.319 e. The Hall–Kier alpha value is -4.75. The minimum Gasteiger partial charge on any atom is -0.508 e. The van der Waals surface area contributed by atoms with Gasteiger partial charge >= 0.3 is 6.01 Å². The number of ether oxygens (including phenoxy) is 3. The van der Waals surface area contributed by atoms with E-state index >= 15 is 17.6 Å². The van der Waals surface area contributed by atoms with Crippen LogP contribution in [0.2, 0.25) is 0 Å². The molecule has 15 heteroatoms. The normalized spacial score (nSPS) is 28.5. The standard InChI is InChI=1S/C45H45F4N7O4/c1-3-30-33(46)7-4-24-8-29(57)9-31(34(24)30)35-37(47)39-36(32-16-54(2)53-38(32)35)40(56-26-5-6-27(56)15-55(14-26)28-12-43(13-28)21-59-22-43)52-41(51-39)60-23-44(17-45(44,48)49)18-50-25-10-42(11-25)19-58-20-42/h1,4,7-9,16,25-28,50,57H,5-6,10-15,17-23H2,2H3/t26-,27+,44-/m1/s1. The molecule has 6 heterocycles. The summed E-state index contributed by atoms with van der Waals surface area (Å²) in [7, 11) is 1.73. The van der Waals surface area contributed by atoms with E-state index in [-0.39, 0.29) is 88.0 Å². The number of rotatable bonds is 9. The first-order valence-electron chi connectivity index (χ1n) is 21.1. The zero-order valence-electron chi connectivity index (χ0n) is 33.2. The van der Waals surface area contributed by atoms with Gasteiger partial charge in [0.05, 0.1) is 42.8 Å². The Labute approximate surface area is 343 Å². The van der Waals surface area contributed by atoms with E-state index in [1.807, 2.05) is 0 Å². The maximum atomic E-state index is 17.9. The Balaban J connectivity index is 0.976. The maximum absolute atomic E-state index is 17.9. The summed E-state index contributed by atoms with van der Waals surface area (Å²) in [5.41, 5.74) is -0.780. The number of aromatic hydroxyl groups is 1. The summed E-state index contributed by atoms with van der Waals surface area (Å²) in [5, 5.41) is 20.7. The van der Waals surface area contributed by atoms with Crippen LogP contribution in [0.3, 0.4) is 0 Å². The van der Waals surface area contributed by atoms with Gasteiger partial charge in [0.25, 0.3) is 5.92 Å². The number of aromatic nitrogens is 4. The van der Waals surface area contributed by atoms with E-state index in [0.29, 0.717) is 33.4 Å². The summed E-state index contributed by atoms with van der Waals surface area (Å²) in [6.07, 6.45) is 13.1. The Bertz CT molecular complexity index is 2660. The van der Waals surface area contributed by atoms with Gasteiger partial charge in [0.2, 0.25) is 0 Å². The van der Waals surface area contributed by atoms with Crippen molar-refractivity contribution in [3.05, 3.63) is 47.7 Å². The van der Waals surface area contributed by atoms with E-state index < -0.39 is 23.0 Å². The molecule has 0 unspecified atom stereocenters. The summed E-state index contributed by atoms with van der Waals surface area (Å²) in [4.78, 5) is 14.6. The topological polar surface area (TPSA) is 110 Å². The van der Waals surface area contributed by atoms with Gasteiger partial charge in [-0.1, -0.05) is 12.0 Å². The molecule has 3 aliphatic carbocycles. The lowest BCUT2D eigenvalue weighted by Gasteiger charge is -2.58. The molecule has 2 aromatic heterocycles. The van der Waals surface area contributed by atoms with Gasteiger partial charge in [0.1, 0.15) is 35.0 Å². The third-order valence-corrected chi connectivity index (χ3v) is 15.1. The fourth-order valence-corrected chi connectivity index (χ4v) is 11.7. The predicted molar refractivity (Wildman–Crippen MR) is 215 cm³/mol. The fraction of sp³-hybridized carbons (Fsp3) is 0.533. The van der Waals surface area contributed by atoms with Crippen LogP contribution in [0.25, 0.3) is 43.7 Å². The number of anilines is 1. The number of hydrogen-bond donors (Lipinski definition) is 2. The van der Waals surface area contributed by atoms with Crippen LogP contribution in [0.5, 0.6) is 11.8 Å². The molecule has 3 atom stereocenters. The number of terminal acetylenes is 1. The molecule has 3 aromatic carbocycles. The van der Waals surface area contributed by atoms with E-state index in [2.05, 4.69) is 21.0 Å². The lowest BCUT2D eigenvalue weighted by molar-refractivity contribution is -0.185. The smallest absolute Gasteiger partial charge is 0.319 e. The average Bonchev–Trinajstić information content (AvgIpc) is 3.32. The monoisotopic (exact) mass is 823 g/mol. The minimum atomic E-state index is -2.96. The minimum absolute atomic E-state index is 0.0343. The third kappa shape index (κ3) is 5.39. The van der Waals surface area contributed by atoms with Crippen molar-refractivity contribution in [1.82, 2.24) is 30.0 Å². The highest BCUT2D eigenvalue weighted by atomic mass is 19.3. The summed E-state index contributed by atoms with van der Waals surface area (Å²) in [6, 6.07) is 6.04. The average molecular weight is 824 g/mol. The molecule has 312 valence electrons. The fourth-order valence-electron chi connectivity index (χ4n) is 11.7. The molecule has 7 aliphatic rings. The summed E-state index contributed by atoms with van der Waals surface area (Å²) >= 11 is 0. The van der Waals surface area contributed by atoms with Gasteiger partial charge in [-0.15, -0.1) is 6.42 Å². The van der Waals surface area contributed by atoms with Gasteiger partial charge < -0.3 is 29.5 Å². The molecular weight excluding hydrogens is 779 g/mol. The number of phenols is 1. The van der Waals surface area contributed by atoms with Crippen LogP contribution in [0.1, 0.15) is 50.5 Å². The molecule has 2 bridgehead atoms. The number of nitrogens with one attached hydrogen (secondary N) is 1. The Morgan fingerprint density at radius 2 is 1.65 bits per heavy atom. The van der Waals surface area contributed by atoms with Crippen LogP contribution in [0.15, 0.2) is 30.5 Å². The van der Waals surface area contributed by atoms with Crippen molar-refractivity contribution in [3.8, 4) is 35.2 Å². The van der Waals surface area contributed by atoms with Crippen molar-refractivity contribution < 1.29 is 36.9 Å². The van der Waals surface area contributed by atoms with E-state index in [0.717, 1.165) is 78.0 Å². The Morgan fingerprint density at radius 1 is 0.950 bits per heavy atom. The molecule has 0 radical (unpaired) electrons. The van der Waals surface area contributed by atoms with Crippen molar-refractivity contribution in [1.29, 1.82) is 0 Å². The second-order valence-corrected chi connectivity index (χ2v) is 19.2. The molecule has 0 amide bonds. The highest BCUT2D eigenvalue weighted by Crippen LogP contribution is 2.61. The second kappa shape index (κ2) is 12.7. The van der Waals surface area contributed by atoms with Crippen molar-refractivity contribution in [2.45, 2.75) is 75.0 Å². The number of piperazine rings is 1. The van der Waals surface area contributed by atoms with Gasteiger partial charge in [-0.05, 0) is 67.7 Å². The van der Waals surface area contributed by atoms with Crippen molar-refractivity contribution >= 4 is 38.4 Å². The van der Waals surface area contributed by atoms with Crippen LogP contribution in [0, 0.1) is 40.2 Å². The lowest BCUT2D eigenvalue weighted by Crippen LogP contribution is -2.64. The predicted octanol–water partition coefficient (Wildman–Crippen LogP) is 6.31. The highest BCUT2D eigenvalue weighted by Gasteiger charge is 2.71. The number of aryl methyl sites for hydroxylation is 1. The first-order chi connectivity index (χ1) is 28.9. The quantitative estimate of drug-likeness (QED) is 0.130. The van der Waals surface area contributed by atoms with Crippen LogP contribution in [-0.4, -0.2) is 113 Å². The number of benzene rings is 3. The number of alkyl halides is 2. The summed E-state index contributed by atoms with van der Waals surface area (Å²) < 4.78 is 82.6. The zero-order chi connectivity index (χ0) is 40.9. The van der Waals surface area contributed by atoms with Crippen LogP contribution in [0.4, 0.5) is 23.4 Å². The largest absolute Gasteiger partial charge is 0.508 e. The van der Waals surface area contributed by atoms with Crippen molar-refractivity contribution in [2.24, 2.45) is 23.3 Å². The molecule has 3 saturated carbocycles. The van der Waals surface area contributed by atoms with E-state index in [1.54, 1.807) is 17.9 Å². The van der Waals surface area contributed by atoms with Gasteiger partial charge in [-0.2, -0.15) is 15.1 Å². The van der Waals surface area contributed by atoms with E-state index in [1.165, 1.54) is 24.3 Å². The van der Waals surface area contributed by atoms with Crippen LogP contribution in [-0.2, 0) is 16.5 Å². The van der Waals surface area contributed by atoms with E-state index in [4.69, 9.17) is 35.7 Å². The molecule has 4 saturated heterocycles. The Morgan fingerprint density at radius 3 is 2.30 bits per heavy atom. The third-order valence-electron chi connectivity index (χ3n) is 15.1. The van der Waals surface area contributed by atoms with Gasteiger partial charge in [-0.25, -0.2) is 17.6 Å². The summed E-state index contributed by atoms with van der Waals surface area (Å²) in [5.74, 6) is -1.71. The molecule has 4 aliphatic heterocycles. The number of fused-ring (bicyclic) bond motifs is 6. The molecule has 11 nitrogen and oxygen atoms in total. The number of nitrogens with zero attached hydrogens (tertiary/aromatic N) is 6. The number of likely N-dealkylation sites (tertiary alicyclic amines) is 1. The molecule has 7 fully saturated rings. The van der Waals surface area contributed by atoms with E-state index in [9.17, 15) is 5.11 Å². The van der Waals surface area contributed by atoms with Crippen LogP contribution < -0.4 is 15.0 Å². The first-order valence-corrected chi connectivity index (χ1v) is 21.1. The number of halogens is 4.